The molecule has 0 aliphatic heterocycles. The molecule has 0 radical (unpaired) electrons. The molecule has 90 valence electrons. The number of benzene rings is 1. The highest BCUT2D eigenvalue weighted by Gasteiger charge is 2.11. The molecule has 1 aromatic carbocycles. The van der Waals surface area contributed by atoms with Crippen LogP contribution in [-0.2, 0) is 16.0 Å². The fourth-order valence-corrected chi connectivity index (χ4v) is 1.68. The van der Waals surface area contributed by atoms with Gasteiger partial charge in [0.05, 0.1) is 25.7 Å². The maximum atomic E-state index is 11.3. The molecule has 4 heteroatoms. The second-order valence-corrected chi connectivity index (χ2v) is 3.59. The Balaban J connectivity index is 3.00. The number of hydrogen-bond acceptors (Lipinski definition) is 4. The Morgan fingerprint density at radius 1 is 1.47 bits per heavy atom. The van der Waals surface area contributed by atoms with E-state index in [1.807, 2.05) is 13.0 Å². The molecular formula is C13H15NO3. The van der Waals surface area contributed by atoms with Crippen LogP contribution < -0.4 is 4.74 Å². The number of esters is 1. The zero-order chi connectivity index (χ0) is 12.8. The summed E-state index contributed by atoms with van der Waals surface area (Å²) in [4.78, 5) is 11.3. The van der Waals surface area contributed by atoms with Crippen LogP contribution >= 0.6 is 0 Å². The fraction of sp³-hybridized carbons (Fsp3) is 0.385. The van der Waals surface area contributed by atoms with Crippen molar-refractivity contribution in [1.82, 2.24) is 0 Å². The quantitative estimate of drug-likeness (QED) is 0.746. The van der Waals surface area contributed by atoms with Crippen LogP contribution in [0.5, 0.6) is 5.75 Å². The molecule has 0 heterocycles. The van der Waals surface area contributed by atoms with Gasteiger partial charge in [-0.2, -0.15) is 5.26 Å². The number of methoxy groups -OCH3 is 1. The maximum Gasteiger partial charge on any atom is 0.310 e. The Morgan fingerprint density at radius 2 is 2.18 bits per heavy atom. The summed E-state index contributed by atoms with van der Waals surface area (Å²) in [5.74, 6) is 0.265. The van der Waals surface area contributed by atoms with Crippen molar-refractivity contribution < 1.29 is 14.3 Å². The van der Waals surface area contributed by atoms with Crippen LogP contribution in [0.2, 0.25) is 0 Å². The molecule has 1 aromatic rings. The van der Waals surface area contributed by atoms with Gasteiger partial charge in [-0.25, -0.2) is 0 Å². The largest absolute Gasteiger partial charge is 0.495 e. The van der Waals surface area contributed by atoms with E-state index in [1.165, 1.54) is 7.11 Å². The summed E-state index contributed by atoms with van der Waals surface area (Å²) in [6, 6.07) is 5.54. The molecule has 0 spiro atoms. The summed E-state index contributed by atoms with van der Waals surface area (Å²) in [6.45, 7) is 3.96. The van der Waals surface area contributed by atoms with E-state index in [2.05, 4.69) is 6.07 Å². The summed E-state index contributed by atoms with van der Waals surface area (Å²) < 4.78 is 10.00. The van der Waals surface area contributed by atoms with Crippen LogP contribution in [0, 0.1) is 18.3 Å². The molecule has 0 fully saturated rings. The van der Waals surface area contributed by atoms with E-state index in [-0.39, 0.29) is 12.4 Å². The molecule has 0 saturated heterocycles. The molecule has 0 N–H and O–H groups in total. The van der Waals surface area contributed by atoms with E-state index in [1.54, 1.807) is 13.0 Å². The first-order chi connectivity index (χ1) is 8.12. The molecule has 1 rings (SSSR count). The molecule has 17 heavy (non-hydrogen) atoms. The molecular weight excluding hydrogens is 218 g/mol. The van der Waals surface area contributed by atoms with Crippen molar-refractivity contribution in [3.05, 3.63) is 28.8 Å². The van der Waals surface area contributed by atoms with Crippen molar-refractivity contribution >= 4 is 5.97 Å². The van der Waals surface area contributed by atoms with Crippen molar-refractivity contribution in [2.75, 3.05) is 13.7 Å². The monoisotopic (exact) mass is 233 g/mol. The number of carbonyl (C=O) groups is 1. The van der Waals surface area contributed by atoms with Crippen molar-refractivity contribution in [2.24, 2.45) is 0 Å². The summed E-state index contributed by atoms with van der Waals surface area (Å²) in [6.07, 6.45) is 0.174. The summed E-state index contributed by atoms with van der Waals surface area (Å²) in [7, 11) is 1.52. The molecule has 0 saturated carbocycles. The Bertz CT molecular complexity index is 460. The van der Waals surface area contributed by atoms with E-state index in [4.69, 9.17) is 14.7 Å². The van der Waals surface area contributed by atoms with E-state index in [0.717, 1.165) is 11.1 Å². The predicted molar refractivity (Wildman–Crippen MR) is 62.8 cm³/mol. The van der Waals surface area contributed by atoms with Crippen molar-refractivity contribution in [1.29, 1.82) is 5.26 Å². The highest BCUT2D eigenvalue weighted by atomic mass is 16.5. The minimum absolute atomic E-state index is 0.174. The number of nitrogens with zero attached hydrogens (tertiary/aromatic N) is 1. The highest BCUT2D eigenvalue weighted by Crippen LogP contribution is 2.24. The Labute approximate surface area is 101 Å². The smallest absolute Gasteiger partial charge is 0.310 e. The summed E-state index contributed by atoms with van der Waals surface area (Å²) in [5.41, 5.74) is 2.04. The highest BCUT2D eigenvalue weighted by molar-refractivity contribution is 5.73. The minimum Gasteiger partial charge on any atom is -0.495 e. The number of nitriles is 1. The van der Waals surface area contributed by atoms with Gasteiger partial charge in [-0.15, -0.1) is 0 Å². The second-order valence-electron chi connectivity index (χ2n) is 3.59. The number of hydrogen-bond donors (Lipinski definition) is 0. The van der Waals surface area contributed by atoms with Gasteiger partial charge in [-0.3, -0.25) is 4.79 Å². The first kappa shape index (κ1) is 13.0. The second kappa shape index (κ2) is 5.90. The first-order valence-electron chi connectivity index (χ1n) is 5.35. The Hall–Kier alpha value is -2.02. The normalized spacial score (nSPS) is 9.53. The summed E-state index contributed by atoms with van der Waals surface area (Å²) in [5, 5.41) is 8.99. The van der Waals surface area contributed by atoms with Crippen LogP contribution in [0.1, 0.15) is 23.6 Å². The maximum absolute atomic E-state index is 11.3. The van der Waals surface area contributed by atoms with Crippen molar-refractivity contribution in [3.63, 3.8) is 0 Å². The standard InChI is InChI=1S/C13H15NO3/c1-4-17-12(15)7-10-5-9(2)13(16-3)11(6-10)8-14/h5-6H,4,7H2,1-3H3. The molecule has 0 amide bonds. The van der Waals surface area contributed by atoms with Gasteiger partial charge in [0.2, 0.25) is 0 Å². The lowest BCUT2D eigenvalue weighted by Gasteiger charge is -2.09. The third kappa shape index (κ3) is 3.22. The predicted octanol–water partition coefficient (Wildman–Crippen LogP) is 1.98. The van der Waals surface area contributed by atoms with E-state index >= 15 is 0 Å². The first-order valence-corrected chi connectivity index (χ1v) is 5.35. The van der Waals surface area contributed by atoms with Gasteiger partial charge in [-0.05, 0) is 31.0 Å². The lowest BCUT2D eigenvalue weighted by Crippen LogP contribution is -2.08. The van der Waals surface area contributed by atoms with Gasteiger partial charge < -0.3 is 9.47 Å². The zero-order valence-corrected chi connectivity index (χ0v) is 10.2. The number of ether oxygens (including phenoxy) is 2. The number of aryl methyl sites for hydroxylation is 1. The third-order valence-corrected chi connectivity index (χ3v) is 2.31. The van der Waals surface area contributed by atoms with Crippen LogP contribution in [0.3, 0.4) is 0 Å². The van der Waals surface area contributed by atoms with E-state index < -0.39 is 0 Å². The average molecular weight is 233 g/mol. The number of rotatable bonds is 4. The molecule has 0 unspecified atom stereocenters. The average Bonchev–Trinajstić information content (AvgIpc) is 2.28. The van der Waals surface area contributed by atoms with Gasteiger partial charge in [-0.1, -0.05) is 6.07 Å². The van der Waals surface area contributed by atoms with E-state index in [0.29, 0.717) is 17.9 Å². The van der Waals surface area contributed by atoms with Gasteiger partial charge >= 0.3 is 5.97 Å². The van der Waals surface area contributed by atoms with Crippen LogP contribution in [0.25, 0.3) is 0 Å². The topological polar surface area (TPSA) is 59.3 Å². The molecule has 0 atom stereocenters. The Morgan fingerprint density at radius 3 is 2.71 bits per heavy atom. The van der Waals surface area contributed by atoms with Crippen LogP contribution in [0.15, 0.2) is 12.1 Å². The van der Waals surface area contributed by atoms with Gasteiger partial charge in [0.15, 0.2) is 0 Å². The van der Waals surface area contributed by atoms with Crippen LogP contribution in [-0.4, -0.2) is 19.7 Å². The molecule has 4 nitrogen and oxygen atoms in total. The Kier molecular flexibility index (Phi) is 4.53. The van der Waals surface area contributed by atoms with Gasteiger partial charge in [0.1, 0.15) is 11.8 Å². The molecule has 0 aliphatic carbocycles. The molecule has 0 aromatic heterocycles. The lowest BCUT2D eigenvalue weighted by molar-refractivity contribution is -0.142. The fourth-order valence-electron chi connectivity index (χ4n) is 1.68. The minimum atomic E-state index is -0.291. The third-order valence-electron chi connectivity index (χ3n) is 2.31. The lowest BCUT2D eigenvalue weighted by atomic mass is 10.0. The van der Waals surface area contributed by atoms with Crippen molar-refractivity contribution in [3.8, 4) is 11.8 Å². The zero-order valence-electron chi connectivity index (χ0n) is 10.2. The molecule has 0 aliphatic rings. The van der Waals surface area contributed by atoms with E-state index in [9.17, 15) is 4.79 Å². The van der Waals surface area contributed by atoms with Gasteiger partial charge in [0, 0.05) is 0 Å². The summed E-state index contributed by atoms with van der Waals surface area (Å²) >= 11 is 0. The van der Waals surface area contributed by atoms with Crippen LogP contribution in [0.4, 0.5) is 0 Å². The SMILES string of the molecule is CCOC(=O)Cc1cc(C)c(OC)c(C#N)c1. The van der Waals surface area contributed by atoms with Crippen molar-refractivity contribution in [2.45, 2.75) is 20.3 Å². The number of carbonyl (C=O) groups excluding carboxylic acids is 1. The molecule has 0 bridgehead atoms. The van der Waals surface area contributed by atoms with Gasteiger partial charge in [0.25, 0.3) is 0 Å².